The van der Waals surface area contributed by atoms with Gasteiger partial charge in [-0.15, -0.1) is 12.4 Å². The van der Waals surface area contributed by atoms with Gasteiger partial charge in [-0.05, 0) is 20.8 Å². The first-order valence-electron chi connectivity index (χ1n) is 4.98. The van der Waals surface area contributed by atoms with Gasteiger partial charge in [0, 0.05) is 18.8 Å². The minimum Gasteiger partial charge on any atom is -0.348 e. The van der Waals surface area contributed by atoms with Crippen LogP contribution in [0, 0.1) is 6.92 Å². The molecule has 0 aromatic carbocycles. The number of nitrogens with two attached hydrogens (primary N) is 1. The molecule has 0 aliphatic heterocycles. The number of carbonyl (C=O) groups is 1. The van der Waals surface area contributed by atoms with Crippen molar-refractivity contribution >= 4 is 18.3 Å². The Hall–Kier alpha value is -1.07. The standard InChI is InChI=1S/C10H18N4O.ClH/c1-6(11)10(15)12-7(2)9-5-14(4)13-8(9)3;/h5-7H,11H2,1-4H3,(H,12,15);1H. The fourth-order valence-corrected chi connectivity index (χ4v) is 1.47. The van der Waals surface area contributed by atoms with Crippen LogP contribution in [0.2, 0.25) is 0 Å². The second kappa shape index (κ2) is 5.86. The summed E-state index contributed by atoms with van der Waals surface area (Å²) in [6.07, 6.45) is 1.90. The molecule has 0 bridgehead atoms. The maximum Gasteiger partial charge on any atom is 0.237 e. The van der Waals surface area contributed by atoms with Gasteiger partial charge in [-0.25, -0.2) is 0 Å². The molecule has 0 aliphatic rings. The molecule has 0 aliphatic carbocycles. The Bertz CT molecular complexity index is 362. The van der Waals surface area contributed by atoms with E-state index in [9.17, 15) is 4.79 Å². The van der Waals surface area contributed by atoms with Gasteiger partial charge in [0.1, 0.15) is 0 Å². The van der Waals surface area contributed by atoms with Crippen molar-refractivity contribution in [2.24, 2.45) is 12.8 Å². The number of amides is 1. The Kier molecular flexibility index (Phi) is 5.47. The molecule has 1 heterocycles. The molecular formula is C10H19ClN4O. The maximum absolute atomic E-state index is 11.4. The van der Waals surface area contributed by atoms with Crippen LogP contribution in [0.5, 0.6) is 0 Å². The Balaban J connectivity index is 0.00000225. The van der Waals surface area contributed by atoms with E-state index in [-0.39, 0.29) is 24.4 Å². The van der Waals surface area contributed by atoms with Crippen molar-refractivity contribution in [3.63, 3.8) is 0 Å². The highest BCUT2D eigenvalue weighted by Crippen LogP contribution is 2.15. The van der Waals surface area contributed by atoms with Gasteiger partial charge >= 0.3 is 0 Å². The van der Waals surface area contributed by atoms with Crippen LogP contribution in [0.15, 0.2) is 6.20 Å². The summed E-state index contributed by atoms with van der Waals surface area (Å²) in [5, 5.41) is 7.05. The Morgan fingerprint density at radius 2 is 2.12 bits per heavy atom. The van der Waals surface area contributed by atoms with Crippen molar-refractivity contribution in [3.05, 3.63) is 17.5 Å². The van der Waals surface area contributed by atoms with Gasteiger partial charge in [-0.1, -0.05) is 0 Å². The van der Waals surface area contributed by atoms with Crippen LogP contribution in [0.3, 0.4) is 0 Å². The zero-order chi connectivity index (χ0) is 11.6. The van der Waals surface area contributed by atoms with Crippen LogP contribution in [0.25, 0.3) is 0 Å². The van der Waals surface area contributed by atoms with Crippen molar-refractivity contribution in [2.75, 3.05) is 0 Å². The molecule has 6 heteroatoms. The summed E-state index contributed by atoms with van der Waals surface area (Å²) < 4.78 is 1.74. The predicted octanol–water partition coefficient (Wildman–Crippen LogP) is 0.675. The first-order chi connectivity index (χ1) is 6.91. The van der Waals surface area contributed by atoms with Crippen LogP contribution in [0.4, 0.5) is 0 Å². The predicted molar refractivity (Wildman–Crippen MR) is 65.4 cm³/mol. The summed E-state index contributed by atoms with van der Waals surface area (Å²) >= 11 is 0. The van der Waals surface area contributed by atoms with Crippen LogP contribution < -0.4 is 11.1 Å². The van der Waals surface area contributed by atoms with Crippen LogP contribution >= 0.6 is 12.4 Å². The summed E-state index contributed by atoms with van der Waals surface area (Å²) in [4.78, 5) is 11.4. The molecule has 1 aromatic heterocycles. The topological polar surface area (TPSA) is 72.9 Å². The third kappa shape index (κ3) is 3.50. The minimum absolute atomic E-state index is 0. The lowest BCUT2D eigenvalue weighted by molar-refractivity contribution is -0.122. The van der Waals surface area contributed by atoms with E-state index < -0.39 is 6.04 Å². The number of nitrogens with zero attached hydrogens (tertiary/aromatic N) is 2. The summed E-state index contributed by atoms with van der Waals surface area (Å²) in [6.45, 7) is 5.51. The van der Waals surface area contributed by atoms with Crippen LogP contribution in [-0.2, 0) is 11.8 Å². The van der Waals surface area contributed by atoms with E-state index in [4.69, 9.17) is 5.73 Å². The average molecular weight is 247 g/mol. The highest BCUT2D eigenvalue weighted by atomic mass is 35.5. The van der Waals surface area contributed by atoms with Gasteiger partial charge in [0.2, 0.25) is 5.91 Å². The van der Waals surface area contributed by atoms with Gasteiger partial charge in [-0.3, -0.25) is 9.48 Å². The SMILES string of the molecule is Cc1nn(C)cc1C(C)NC(=O)C(C)N.Cl. The molecule has 5 nitrogen and oxygen atoms in total. The largest absolute Gasteiger partial charge is 0.348 e. The van der Waals surface area contributed by atoms with E-state index in [1.165, 1.54) is 0 Å². The maximum atomic E-state index is 11.4. The molecule has 3 N–H and O–H groups in total. The highest BCUT2D eigenvalue weighted by Gasteiger charge is 2.15. The lowest BCUT2D eigenvalue weighted by Gasteiger charge is -2.14. The molecule has 2 atom stereocenters. The quantitative estimate of drug-likeness (QED) is 0.824. The summed E-state index contributed by atoms with van der Waals surface area (Å²) in [5.74, 6) is -0.147. The summed E-state index contributed by atoms with van der Waals surface area (Å²) in [5.41, 5.74) is 7.42. The first kappa shape index (κ1) is 14.9. The van der Waals surface area contributed by atoms with Gasteiger partial charge in [0.15, 0.2) is 0 Å². The molecule has 0 spiro atoms. The number of halogens is 1. The molecule has 1 rings (SSSR count). The number of carbonyl (C=O) groups excluding carboxylic acids is 1. The van der Waals surface area contributed by atoms with Crippen molar-refractivity contribution < 1.29 is 4.79 Å². The molecule has 0 saturated carbocycles. The molecule has 1 aromatic rings. The molecule has 0 saturated heterocycles. The number of nitrogens with one attached hydrogen (secondary N) is 1. The molecular weight excluding hydrogens is 228 g/mol. The van der Waals surface area contributed by atoms with Crippen molar-refractivity contribution in [2.45, 2.75) is 32.9 Å². The summed E-state index contributed by atoms with van der Waals surface area (Å²) in [6, 6.07) is -0.540. The summed E-state index contributed by atoms with van der Waals surface area (Å²) in [7, 11) is 1.86. The van der Waals surface area contributed by atoms with Gasteiger partial charge in [0.05, 0.1) is 17.8 Å². The lowest BCUT2D eigenvalue weighted by atomic mass is 10.1. The van der Waals surface area contributed by atoms with E-state index in [0.29, 0.717) is 0 Å². The second-order valence-corrected chi connectivity index (χ2v) is 3.86. The second-order valence-electron chi connectivity index (χ2n) is 3.86. The molecule has 2 unspecified atom stereocenters. The number of hydrogen-bond donors (Lipinski definition) is 2. The van der Waals surface area contributed by atoms with Gasteiger partial charge in [0.25, 0.3) is 0 Å². The Morgan fingerprint density at radius 1 is 1.56 bits per heavy atom. The van der Waals surface area contributed by atoms with E-state index in [1.54, 1.807) is 11.6 Å². The number of hydrogen-bond acceptors (Lipinski definition) is 3. The normalized spacial score (nSPS) is 13.8. The third-order valence-corrected chi connectivity index (χ3v) is 2.29. The van der Waals surface area contributed by atoms with E-state index in [2.05, 4.69) is 10.4 Å². The fourth-order valence-electron chi connectivity index (χ4n) is 1.47. The van der Waals surface area contributed by atoms with Crippen molar-refractivity contribution in [1.82, 2.24) is 15.1 Å². The zero-order valence-electron chi connectivity index (χ0n) is 10.0. The zero-order valence-corrected chi connectivity index (χ0v) is 10.8. The fraction of sp³-hybridized carbons (Fsp3) is 0.600. The minimum atomic E-state index is -0.482. The van der Waals surface area contributed by atoms with Gasteiger partial charge < -0.3 is 11.1 Å². The molecule has 0 fully saturated rings. The van der Waals surface area contributed by atoms with E-state index >= 15 is 0 Å². The molecule has 92 valence electrons. The molecule has 16 heavy (non-hydrogen) atoms. The van der Waals surface area contributed by atoms with Crippen molar-refractivity contribution in [1.29, 1.82) is 0 Å². The van der Waals surface area contributed by atoms with Gasteiger partial charge in [-0.2, -0.15) is 5.10 Å². The number of aromatic nitrogens is 2. The highest BCUT2D eigenvalue weighted by molar-refractivity contribution is 5.85. The average Bonchev–Trinajstić information content (AvgIpc) is 2.44. The number of rotatable bonds is 3. The Labute approximate surface area is 102 Å². The lowest BCUT2D eigenvalue weighted by Crippen LogP contribution is -2.39. The van der Waals surface area contributed by atoms with E-state index in [0.717, 1.165) is 11.3 Å². The first-order valence-corrected chi connectivity index (χ1v) is 4.98. The van der Waals surface area contributed by atoms with Crippen molar-refractivity contribution in [3.8, 4) is 0 Å². The van der Waals surface area contributed by atoms with E-state index in [1.807, 2.05) is 27.1 Å². The smallest absolute Gasteiger partial charge is 0.237 e. The van der Waals surface area contributed by atoms with Crippen LogP contribution in [-0.4, -0.2) is 21.7 Å². The molecule has 0 radical (unpaired) electrons. The molecule has 1 amide bonds. The monoisotopic (exact) mass is 246 g/mol. The third-order valence-electron chi connectivity index (χ3n) is 2.29. The number of aryl methyl sites for hydroxylation is 2. The van der Waals surface area contributed by atoms with Crippen LogP contribution in [0.1, 0.15) is 31.1 Å². The Morgan fingerprint density at radius 3 is 2.50 bits per heavy atom.